The van der Waals surface area contributed by atoms with Gasteiger partial charge in [-0.05, 0) is 44.0 Å². The number of hydrogen-bond acceptors (Lipinski definition) is 3. The molecule has 0 saturated carbocycles. The number of ether oxygens (including phenoxy) is 1. The fourth-order valence-electron chi connectivity index (χ4n) is 2.49. The van der Waals surface area contributed by atoms with Crippen molar-refractivity contribution in [1.82, 2.24) is 5.32 Å². The zero-order valence-corrected chi connectivity index (χ0v) is 10.7. The van der Waals surface area contributed by atoms with Crippen LogP contribution in [0.3, 0.4) is 0 Å². The van der Waals surface area contributed by atoms with Gasteiger partial charge in [-0.3, -0.25) is 4.79 Å². The van der Waals surface area contributed by atoms with Crippen LogP contribution in [-0.4, -0.2) is 26.0 Å². The van der Waals surface area contributed by atoms with Crippen LogP contribution in [0, 0.1) is 19.8 Å². The second-order valence-electron chi connectivity index (χ2n) is 4.71. The van der Waals surface area contributed by atoms with E-state index in [0.717, 1.165) is 36.2 Å². The number of Topliss-reactive ketones (excluding diaryl/α,β-unsaturated/α-hetero) is 1. The first-order valence-electron chi connectivity index (χ1n) is 6.03. The minimum atomic E-state index is 0.102. The molecule has 1 aliphatic heterocycles. The molecule has 17 heavy (non-hydrogen) atoms. The molecule has 1 N–H and O–H groups in total. The molecule has 1 atom stereocenters. The Balaban J connectivity index is 2.39. The van der Waals surface area contributed by atoms with Gasteiger partial charge in [-0.2, -0.15) is 0 Å². The average molecular weight is 233 g/mol. The van der Waals surface area contributed by atoms with Gasteiger partial charge in [0.15, 0.2) is 5.78 Å². The lowest BCUT2D eigenvalue weighted by atomic mass is 9.92. The molecule has 0 bridgehead atoms. The number of benzene rings is 1. The van der Waals surface area contributed by atoms with Crippen LogP contribution in [-0.2, 0) is 0 Å². The first kappa shape index (κ1) is 12.1. The summed E-state index contributed by atoms with van der Waals surface area (Å²) < 4.78 is 5.35. The molecule has 0 amide bonds. The van der Waals surface area contributed by atoms with Gasteiger partial charge in [0, 0.05) is 12.5 Å². The van der Waals surface area contributed by atoms with Crippen molar-refractivity contribution in [2.24, 2.45) is 5.92 Å². The van der Waals surface area contributed by atoms with Crippen molar-refractivity contribution in [3.63, 3.8) is 0 Å². The van der Waals surface area contributed by atoms with E-state index in [2.05, 4.69) is 5.32 Å². The van der Waals surface area contributed by atoms with Gasteiger partial charge in [-0.25, -0.2) is 0 Å². The number of aryl methyl sites for hydroxylation is 2. The molecule has 92 valence electrons. The highest BCUT2D eigenvalue weighted by molar-refractivity contribution is 6.02. The number of ketones is 1. The molecule has 1 unspecified atom stereocenters. The maximum absolute atomic E-state index is 12.4. The minimum absolute atomic E-state index is 0.102. The Bertz CT molecular complexity index is 434. The van der Waals surface area contributed by atoms with Crippen molar-refractivity contribution >= 4 is 5.78 Å². The summed E-state index contributed by atoms with van der Waals surface area (Å²) in [6, 6.07) is 3.97. The molecular formula is C14H19NO2. The summed E-state index contributed by atoms with van der Waals surface area (Å²) in [6.45, 7) is 5.71. The fourth-order valence-corrected chi connectivity index (χ4v) is 2.49. The Morgan fingerprint density at radius 2 is 2.18 bits per heavy atom. The topological polar surface area (TPSA) is 38.3 Å². The zero-order chi connectivity index (χ0) is 12.4. The van der Waals surface area contributed by atoms with Crippen molar-refractivity contribution in [3.8, 4) is 5.75 Å². The van der Waals surface area contributed by atoms with Crippen molar-refractivity contribution in [2.45, 2.75) is 20.3 Å². The summed E-state index contributed by atoms with van der Waals surface area (Å²) in [6.07, 6.45) is 0.926. The van der Waals surface area contributed by atoms with Crippen molar-refractivity contribution in [3.05, 3.63) is 28.8 Å². The standard InChI is InChI=1S/C14H19NO2/c1-9-6-10(2)13(12(7-9)17-3)14(16)11-4-5-15-8-11/h6-7,11,15H,4-5,8H2,1-3H3. The predicted octanol–water partition coefficient (Wildman–Crippen LogP) is 2.10. The molecule has 0 aromatic heterocycles. The smallest absolute Gasteiger partial charge is 0.171 e. The monoisotopic (exact) mass is 233 g/mol. The Morgan fingerprint density at radius 1 is 1.41 bits per heavy atom. The van der Waals surface area contributed by atoms with E-state index in [-0.39, 0.29) is 11.7 Å². The lowest BCUT2D eigenvalue weighted by molar-refractivity contribution is 0.0926. The Hall–Kier alpha value is -1.35. The van der Waals surface area contributed by atoms with Crippen LogP contribution in [0.4, 0.5) is 0 Å². The van der Waals surface area contributed by atoms with Crippen molar-refractivity contribution in [1.29, 1.82) is 0 Å². The van der Waals surface area contributed by atoms with E-state index in [1.54, 1.807) is 7.11 Å². The van der Waals surface area contributed by atoms with E-state index >= 15 is 0 Å². The third-order valence-corrected chi connectivity index (χ3v) is 3.34. The minimum Gasteiger partial charge on any atom is -0.496 e. The van der Waals surface area contributed by atoms with Crippen LogP contribution >= 0.6 is 0 Å². The highest BCUT2D eigenvalue weighted by atomic mass is 16.5. The zero-order valence-electron chi connectivity index (χ0n) is 10.7. The van der Waals surface area contributed by atoms with E-state index in [1.807, 2.05) is 26.0 Å². The van der Waals surface area contributed by atoms with Gasteiger partial charge in [0.25, 0.3) is 0 Å². The average Bonchev–Trinajstić information content (AvgIpc) is 2.80. The molecule has 3 nitrogen and oxygen atoms in total. The Morgan fingerprint density at radius 3 is 2.76 bits per heavy atom. The third kappa shape index (κ3) is 2.34. The number of rotatable bonds is 3. The van der Waals surface area contributed by atoms with Crippen LogP contribution in [0.1, 0.15) is 27.9 Å². The molecule has 1 fully saturated rings. The largest absolute Gasteiger partial charge is 0.496 e. The lowest BCUT2D eigenvalue weighted by Crippen LogP contribution is -2.19. The van der Waals surface area contributed by atoms with Crippen LogP contribution in [0.2, 0.25) is 0 Å². The molecule has 1 saturated heterocycles. The van der Waals surface area contributed by atoms with E-state index in [1.165, 1.54) is 0 Å². The summed E-state index contributed by atoms with van der Waals surface area (Å²) in [5, 5.41) is 3.23. The molecule has 0 spiro atoms. The summed E-state index contributed by atoms with van der Waals surface area (Å²) >= 11 is 0. The quantitative estimate of drug-likeness (QED) is 0.813. The summed E-state index contributed by atoms with van der Waals surface area (Å²) in [4.78, 5) is 12.4. The van der Waals surface area contributed by atoms with Crippen molar-refractivity contribution in [2.75, 3.05) is 20.2 Å². The maximum Gasteiger partial charge on any atom is 0.171 e. The first-order valence-corrected chi connectivity index (χ1v) is 6.03. The van der Waals surface area contributed by atoms with E-state index in [0.29, 0.717) is 5.75 Å². The molecule has 0 radical (unpaired) electrons. The van der Waals surface area contributed by atoms with Gasteiger partial charge in [0.1, 0.15) is 5.75 Å². The fraction of sp³-hybridized carbons (Fsp3) is 0.500. The van der Waals surface area contributed by atoms with Gasteiger partial charge in [-0.15, -0.1) is 0 Å². The summed E-state index contributed by atoms with van der Waals surface area (Å²) in [7, 11) is 1.62. The molecule has 1 heterocycles. The lowest BCUT2D eigenvalue weighted by Gasteiger charge is -2.15. The van der Waals surface area contributed by atoms with E-state index in [4.69, 9.17) is 4.74 Å². The Labute approximate surface area is 102 Å². The SMILES string of the molecule is COc1cc(C)cc(C)c1C(=O)C1CCNC1. The molecule has 2 rings (SSSR count). The Kier molecular flexibility index (Phi) is 3.48. The summed E-state index contributed by atoms with van der Waals surface area (Å²) in [5.41, 5.74) is 2.89. The van der Waals surface area contributed by atoms with Gasteiger partial charge >= 0.3 is 0 Å². The van der Waals surface area contributed by atoms with Crippen molar-refractivity contribution < 1.29 is 9.53 Å². The normalized spacial score (nSPS) is 19.4. The predicted molar refractivity (Wildman–Crippen MR) is 67.8 cm³/mol. The molecule has 1 aliphatic rings. The van der Waals surface area contributed by atoms with E-state index in [9.17, 15) is 4.79 Å². The van der Waals surface area contributed by atoms with Crippen LogP contribution in [0.15, 0.2) is 12.1 Å². The van der Waals surface area contributed by atoms with Gasteiger partial charge in [-0.1, -0.05) is 6.07 Å². The number of methoxy groups -OCH3 is 1. The van der Waals surface area contributed by atoms with Crippen LogP contribution in [0.5, 0.6) is 5.75 Å². The molecular weight excluding hydrogens is 214 g/mol. The molecule has 3 heteroatoms. The van der Waals surface area contributed by atoms with Crippen LogP contribution < -0.4 is 10.1 Å². The van der Waals surface area contributed by atoms with E-state index < -0.39 is 0 Å². The second kappa shape index (κ2) is 4.88. The maximum atomic E-state index is 12.4. The number of hydrogen-bond donors (Lipinski definition) is 1. The molecule has 1 aromatic carbocycles. The highest BCUT2D eigenvalue weighted by Gasteiger charge is 2.27. The third-order valence-electron chi connectivity index (χ3n) is 3.34. The second-order valence-corrected chi connectivity index (χ2v) is 4.71. The highest BCUT2D eigenvalue weighted by Crippen LogP contribution is 2.28. The van der Waals surface area contributed by atoms with Gasteiger partial charge in [0.05, 0.1) is 12.7 Å². The number of nitrogens with one attached hydrogen (secondary N) is 1. The first-order chi connectivity index (χ1) is 8.13. The summed E-state index contributed by atoms with van der Waals surface area (Å²) in [5.74, 6) is 1.02. The van der Waals surface area contributed by atoms with Crippen LogP contribution in [0.25, 0.3) is 0 Å². The number of carbonyl (C=O) groups excluding carboxylic acids is 1. The number of carbonyl (C=O) groups is 1. The van der Waals surface area contributed by atoms with Gasteiger partial charge in [0.2, 0.25) is 0 Å². The molecule has 1 aromatic rings. The van der Waals surface area contributed by atoms with Gasteiger partial charge < -0.3 is 10.1 Å². The molecule has 0 aliphatic carbocycles.